The first kappa shape index (κ1) is 38.9. The predicted octanol–water partition coefficient (Wildman–Crippen LogP) is 10.2. The highest BCUT2D eigenvalue weighted by Gasteiger charge is 2.49. The van der Waals surface area contributed by atoms with Crippen LogP contribution in [0.5, 0.6) is 0 Å². The summed E-state index contributed by atoms with van der Waals surface area (Å²) in [4.78, 5) is 0. The van der Waals surface area contributed by atoms with E-state index in [0.717, 1.165) is 47.9 Å². The summed E-state index contributed by atoms with van der Waals surface area (Å²) in [7, 11) is 0. The zero-order valence-corrected chi connectivity index (χ0v) is 30.7. The lowest BCUT2D eigenvalue weighted by molar-refractivity contribution is -0.337. The fourth-order valence-corrected chi connectivity index (χ4v) is 6.57. The number of hydrogen-bond acceptors (Lipinski definition) is 6. The molecule has 4 aromatic carbocycles. The van der Waals surface area contributed by atoms with Crippen molar-refractivity contribution in [1.82, 2.24) is 0 Å². The number of ether oxygens (including phenoxy) is 6. The van der Waals surface area contributed by atoms with E-state index in [9.17, 15) is 0 Å². The van der Waals surface area contributed by atoms with E-state index in [1.165, 1.54) is 25.7 Å². The van der Waals surface area contributed by atoms with Crippen LogP contribution >= 0.6 is 0 Å². The van der Waals surface area contributed by atoms with Crippen LogP contribution in [0.4, 0.5) is 0 Å². The van der Waals surface area contributed by atoms with Gasteiger partial charge in [0.05, 0.1) is 39.1 Å². The first-order valence-corrected chi connectivity index (χ1v) is 19.1. The molecule has 1 aliphatic rings. The molecule has 274 valence electrons. The molecule has 0 aromatic heterocycles. The molecule has 5 rings (SSSR count). The molecule has 0 radical (unpaired) electrons. The molecule has 0 saturated carbocycles. The molecule has 0 amide bonds. The Morgan fingerprint density at radius 1 is 0.490 bits per heavy atom. The van der Waals surface area contributed by atoms with Crippen molar-refractivity contribution in [1.29, 1.82) is 0 Å². The Balaban J connectivity index is 1.46. The zero-order valence-electron chi connectivity index (χ0n) is 30.7. The van der Waals surface area contributed by atoms with Gasteiger partial charge in [0, 0.05) is 0 Å². The van der Waals surface area contributed by atoms with Crippen molar-refractivity contribution in [3.8, 4) is 0 Å². The topological polar surface area (TPSA) is 55.4 Å². The van der Waals surface area contributed by atoms with E-state index in [1.54, 1.807) is 0 Å². The maximum Gasteiger partial charge on any atom is 0.187 e. The molecular weight excluding hydrogens is 636 g/mol. The maximum atomic E-state index is 7.04. The molecule has 6 nitrogen and oxygen atoms in total. The molecule has 0 unspecified atom stereocenters. The van der Waals surface area contributed by atoms with Crippen molar-refractivity contribution in [2.75, 3.05) is 6.61 Å². The summed E-state index contributed by atoms with van der Waals surface area (Å²) < 4.78 is 40.9. The number of hydrogen-bond donors (Lipinski definition) is 0. The highest BCUT2D eigenvalue weighted by Crippen LogP contribution is 2.33. The monoisotopic (exact) mass is 694 g/mol. The van der Waals surface area contributed by atoms with Crippen LogP contribution in [-0.4, -0.2) is 43.4 Å². The van der Waals surface area contributed by atoms with E-state index < -0.39 is 30.7 Å². The molecule has 1 aliphatic heterocycles. The second-order valence-corrected chi connectivity index (χ2v) is 13.6. The van der Waals surface area contributed by atoms with Crippen molar-refractivity contribution in [3.63, 3.8) is 0 Å². The summed E-state index contributed by atoms with van der Waals surface area (Å²) in [5, 5.41) is 0. The van der Waals surface area contributed by atoms with Gasteiger partial charge in [-0.15, -0.1) is 0 Å². The minimum atomic E-state index is -0.662. The van der Waals surface area contributed by atoms with Crippen molar-refractivity contribution in [2.45, 2.75) is 128 Å². The molecule has 5 atom stereocenters. The van der Waals surface area contributed by atoms with Crippen LogP contribution in [0.2, 0.25) is 0 Å². The summed E-state index contributed by atoms with van der Waals surface area (Å²) >= 11 is 0. The lowest BCUT2D eigenvalue weighted by atomic mass is 9.97. The number of unbranched alkanes of at least 4 members (excludes halogenated alkanes) is 4. The first-order chi connectivity index (χ1) is 25.2. The molecule has 0 N–H and O–H groups in total. The summed E-state index contributed by atoms with van der Waals surface area (Å²) in [6, 6.07) is 41.0. The van der Waals surface area contributed by atoms with Gasteiger partial charge in [0.15, 0.2) is 6.29 Å². The van der Waals surface area contributed by atoms with Gasteiger partial charge in [-0.05, 0) is 35.1 Å². The molecule has 1 saturated heterocycles. The van der Waals surface area contributed by atoms with Gasteiger partial charge in [0.1, 0.15) is 24.4 Å². The third-order valence-corrected chi connectivity index (χ3v) is 9.43. The second kappa shape index (κ2) is 22.5. The van der Waals surface area contributed by atoms with E-state index in [1.807, 2.05) is 72.8 Å². The number of rotatable bonds is 23. The largest absolute Gasteiger partial charge is 0.374 e. The van der Waals surface area contributed by atoms with Gasteiger partial charge in [-0.3, -0.25) is 0 Å². The predicted molar refractivity (Wildman–Crippen MR) is 203 cm³/mol. The zero-order chi connectivity index (χ0) is 35.4. The van der Waals surface area contributed by atoms with Crippen molar-refractivity contribution < 1.29 is 28.4 Å². The molecular formula is C45H58O6. The van der Waals surface area contributed by atoms with E-state index in [2.05, 4.69) is 62.4 Å². The van der Waals surface area contributed by atoms with Gasteiger partial charge in [-0.25, -0.2) is 0 Å². The lowest BCUT2D eigenvalue weighted by Crippen LogP contribution is -2.62. The molecule has 4 aromatic rings. The van der Waals surface area contributed by atoms with Crippen molar-refractivity contribution in [2.24, 2.45) is 0 Å². The number of benzene rings is 4. The van der Waals surface area contributed by atoms with Crippen LogP contribution in [0, 0.1) is 0 Å². The summed E-state index contributed by atoms with van der Waals surface area (Å²) in [5.74, 6) is 0. The second-order valence-electron chi connectivity index (χ2n) is 13.6. The van der Waals surface area contributed by atoms with Crippen molar-refractivity contribution in [3.05, 3.63) is 144 Å². The van der Waals surface area contributed by atoms with E-state index in [-0.39, 0.29) is 6.10 Å². The van der Waals surface area contributed by atoms with Crippen LogP contribution in [0.15, 0.2) is 121 Å². The Morgan fingerprint density at radius 3 is 1.35 bits per heavy atom. The van der Waals surface area contributed by atoms with Crippen molar-refractivity contribution >= 4 is 0 Å². The molecule has 1 fully saturated rings. The third-order valence-electron chi connectivity index (χ3n) is 9.43. The van der Waals surface area contributed by atoms with Gasteiger partial charge < -0.3 is 28.4 Å². The highest BCUT2D eigenvalue weighted by molar-refractivity contribution is 5.16. The molecule has 1 heterocycles. The van der Waals surface area contributed by atoms with Crippen LogP contribution < -0.4 is 0 Å². The van der Waals surface area contributed by atoms with Crippen LogP contribution in [0.3, 0.4) is 0 Å². The molecule has 6 heteroatoms. The minimum Gasteiger partial charge on any atom is -0.374 e. The van der Waals surface area contributed by atoms with Gasteiger partial charge in [0.2, 0.25) is 0 Å². The molecule has 51 heavy (non-hydrogen) atoms. The van der Waals surface area contributed by atoms with Gasteiger partial charge in [-0.1, -0.05) is 174 Å². The molecule has 0 spiro atoms. The Bertz CT molecular complexity index is 1430. The Kier molecular flexibility index (Phi) is 17.2. The fraction of sp³-hybridized carbons (Fsp3) is 0.467. The standard InChI is InChI=1S/C45H58O6/c1-3-5-11-29-40(30-12-6-4-2)50-45-44(49-34-39-27-19-10-20-28-39)43(48-33-38-25-17-9-18-26-38)42(47-32-37-23-15-8-16-24-37)41(51-45)35-46-31-36-21-13-7-14-22-36/h7-10,13-28,40-45H,3-6,11-12,29-35H2,1-2H3/t41-,42-,43+,44-,45+/m1/s1. The Morgan fingerprint density at radius 2 is 0.902 bits per heavy atom. The average molecular weight is 695 g/mol. The van der Waals surface area contributed by atoms with Crippen LogP contribution in [0.25, 0.3) is 0 Å². The first-order valence-electron chi connectivity index (χ1n) is 19.1. The Labute approximate surface area is 306 Å². The van der Waals surface area contributed by atoms with Gasteiger partial charge in [-0.2, -0.15) is 0 Å². The minimum absolute atomic E-state index is 0.0540. The average Bonchev–Trinajstić information content (AvgIpc) is 3.18. The third kappa shape index (κ3) is 13.3. The SMILES string of the molecule is CCCCCC(CCCCC)O[C@H]1O[C@H](COCc2ccccc2)[C@@H](OCc2ccccc2)[C@H](OCc2ccccc2)[C@H]1OCc1ccccc1. The quantitative estimate of drug-likeness (QED) is 0.0721. The van der Waals surface area contributed by atoms with E-state index in [4.69, 9.17) is 28.4 Å². The maximum absolute atomic E-state index is 7.04. The summed E-state index contributed by atoms with van der Waals surface area (Å²) in [5.41, 5.74) is 4.35. The fourth-order valence-electron chi connectivity index (χ4n) is 6.57. The summed E-state index contributed by atoms with van der Waals surface area (Å²) in [6.07, 6.45) is 6.34. The highest BCUT2D eigenvalue weighted by atomic mass is 16.7. The normalized spacial score (nSPS) is 20.5. The van der Waals surface area contributed by atoms with E-state index >= 15 is 0 Å². The van der Waals surface area contributed by atoms with Gasteiger partial charge >= 0.3 is 0 Å². The van der Waals surface area contributed by atoms with E-state index in [0.29, 0.717) is 33.0 Å². The van der Waals surface area contributed by atoms with Gasteiger partial charge in [0.25, 0.3) is 0 Å². The summed E-state index contributed by atoms with van der Waals surface area (Å²) in [6.45, 7) is 6.49. The smallest absolute Gasteiger partial charge is 0.187 e. The Hall–Kier alpha value is -3.36. The lowest BCUT2D eigenvalue weighted by Gasteiger charge is -2.46. The molecule has 0 aliphatic carbocycles. The van der Waals surface area contributed by atoms with Crippen LogP contribution in [0.1, 0.15) is 87.5 Å². The van der Waals surface area contributed by atoms with Crippen LogP contribution in [-0.2, 0) is 54.8 Å². The molecule has 0 bridgehead atoms.